The van der Waals surface area contributed by atoms with Crippen LogP contribution < -0.4 is 4.74 Å². The first-order valence-electron chi connectivity index (χ1n) is 4.90. The number of ketones is 1. The summed E-state index contributed by atoms with van der Waals surface area (Å²) in [6.45, 7) is 3.99. The van der Waals surface area contributed by atoms with Gasteiger partial charge < -0.3 is 9.47 Å². The maximum atomic E-state index is 11.1. The number of rotatable bonds is 5. The molecule has 0 heterocycles. The van der Waals surface area contributed by atoms with E-state index in [1.165, 1.54) is 6.92 Å². The van der Waals surface area contributed by atoms with Crippen LogP contribution in [0.4, 0.5) is 0 Å². The van der Waals surface area contributed by atoms with Crippen molar-refractivity contribution in [3.8, 4) is 5.75 Å². The Morgan fingerprint density at radius 2 is 2.20 bits per heavy atom. The summed E-state index contributed by atoms with van der Waals surface area (Å²) in [7, 11) is 1.63. The molecule has 0 aliphatic rings. The average molecular weight is 208 g/mol. The predicted octanol–water partition coefficient (Wildman–Crippen LogP) is 2.30. The Morgan fingerprint density at radius 3 is 2.80 bits per heavy atom. The molecule has 1 aromatic rings. The molecule has 1 unspecified atom stereocenters. The predicted molar refractivity (Wildman–Crippen MR) is 58.4 cm³/mol. The molecule has 0 saturated carbocycles. The van der Waals surface area contributed by atoms with Gasteiger partial charge in [-0.05, 0) is 26.0 Å². The minimum atomic E-state index is -0.0165. The highest BCUT2D eigenvalue weighted by molar-refractivity contribution is 5.94. The number of methoxy groups -OCH3 is 1. The Kier molecular flexibility index (Phi) is 4.31. The topological polar surface area (TPSA) is 35.5 Å². The summed E-state index contributed by atoms with van der Waals surface area (Å²) in [6.07, 6.45) is -0.0165. The monoisotopic (exact) mass is 208 g/mol. The molecule has 0 aliphatic heterocycles. The third-order valence-electron chi connectivity index (χ3n) is 1.98. The number of carbonyl (C=O) groups excluding carboxylic acids is 1. The van der Waals surface area contributed by atoms with Crippen LogP contribution >= 0.6 is 0 Å². The van der Waals surface area contributed by atoms with Crippen LogP contribution in [0.25, 0.3) is 0 Å². The quantitative estimate of drug-likeness (QED) is 0.696. The van der Waals surface area contributed by atoms with Crippen LogP contribution in [0, 0.1) is 0 Å². The number of Topliss-reactive ketones (excluding diaryl/α,β-unsaturated/α-hetero) is 1. The molecular formula is C12H16O3. The van der Waals surface area contributed by atoms with E-state index < -0.39 is 0 Å². The van der Waals surface area contributed by atoms with E-state index in [0.29, 0.717) is 17.9 Å². The van der Waals surface area contributed by atoms with Gasteiger partial charge in [-0.1, -0.05) is 12.1 Å². The second-order valence-electron chi connectivity index (χ2n) is 3.47. The molecule has 0 fully saturated rings. The summed E-state index contributed by atoms with van der Waals surface area (Å²) >= 11 is 0. The van der Waals surface area contributed by atoms with Crippen LogP contribution in [0.1, 0.15) is 24.2 Å². The maximum Gasteiger partial charge on any atom is 0.159 e. The molecule has 3 nitrogen and oxygen atoms in total. The Morgan fingerprint density at radius 1 is 1.47 bits per heavy atom. The summed E-state index contributed by atoms with van der Waals surface area (Å²) < 4.78 is 10.5. The molecule has 0 spiro atoms. The second kappa shape index (κ2) is 5.51. The van der Waals surface area contributed by atoms with Gasteiger partial charge in [0.05, 0.1) is 6.61 Å². The Bertz CT molecular complexity index is 333. The van der Waals surface area contributed by atoms with E-state index in [0.717, 1.165) is 0 Å². The molecule has 1 atom stereocenters. The highest BCUT2D eigenvalue weighted by atomic mass is 16.5. The van der Waals surface area contributed by atoms with Gasteiger partial charge in [0.1, 0.15) is 11.9 Å². The van der Waals surface area contributed by atoms with Gasteiger partial charge in [-0.25, -0.2) is 0 Å². The minimum Gasteiger partial charge on any atom is -0.488 e. The smallest absolute Gasteiger partial charge is 0.159 e. The lowest BCUT2D eigenvalue weighted by Crippen LogP contribution is -2.18. The molecule has 15 heavy (non-hydrogen) atoms. The van der Waals surface area contributed by atoms with Gasteiger partial charge in [0.25, 0.3) is 0 Å². The molecule has 1 aromatic carbocycles. The van der Waals surface area contributed by atoms with Gasteiger partial charge in [0, 0.05) is 12.7 Å². The molecule has 0 aromatic heterocycles. The van der Waals surface area contributed by atoms with Crippen molar-refractivity contribution >= 4 is 5.78 Å². The second-order valence-corrected chi connectivity index (χ2v) is 3.47. The van der Waals surface area contributed by atoms with Crippen molar-refractivity contribution in [2.45, 2.75) is 20.0 Å². The van der Waals surface area contributed by atoms with Crippen molar-refractivity contribution in [3.05, 3.63) is 29.8 Å². The van der Waals surface area contributed by atoms with Gasteiger partial charge in [-0.15, -0.1) is 0 Å². The highest BCUT2D eigenvalue weighted by Gasteiger charge is 2.05. The normalized spacial score (nSPS) is 12.2. The summed E-state index contributed by atoms with van der Waals surface area (Å²) in [5, 5.41) is 0. The van der Waals surface area contributed by atoms with Gasteiger partial charge in [0.15, 0.2) is 5.78 Å². The summed E-state index contributed by atoms with van der Waals surface area (Å²) in [5.74, 6) is 0.743. The molecule has 0 radical (unpaired) electrons. The first-order chi connectivity index (χ1) is 7.13. The molecule has 0 amide bonds. The largest absolute Gasteiger partial charge is 0.488 e. The van der Waals surface area contributed by atoms with Crippen LogP contribution in [0.15, 0.2) is 24.3 Å². The van der Waals surface area contributed by atoms with Gasteiger partial charge in [-0.2, -0.15) is 0 Å². The fraction of sp³-hybridized carbons (Fsp3) is 0.417. The highest BCUT2D eigenvalue weighted by Crippen LogP contribution is 2.15. The Labute approximate surface area is 90.0 Å². The van der Waals surface area contributed by atoms with Crippen LogP contribution in [0.5, 0.6) is 5.75 Å². The zero-order chi connectivity index (χ0) is 11.3. The Hall–Kier alpha value is -1.35. The van der Waals surface area contributed by atoms with Crippen molar-refractivity contribution in [3.63, 3.8) is 0 Å². The van der Waals surface area contributed by atoms with Crippen molar-refractivity contribution < 1.29 is 14.3 Å². The molecule has 0 N–H and O–H groups in total. The number of benzene rings is 1. The van der Waals surface area contributed by atoms with Gasteiger partial charge in [0.2, 0.25) is 0 Å². The number of carbonyl (C=O) groups is 1. The molecule has 0 aliphatic carbocycles. The van der Waals surface area contributed by atoms with E-state index in [-0.39, 0.29) is 11.9 Å². The van der Waals surface area contributed by atoms with Crippen molar-refractivity contribution in [1.29, 1.82) is 0 Å². The van der Waals surface area contributed by atoms with Crippen molar-refractivity contribution in [2.75, 3.05) is 13.7 Å². The fourth-order valence-corrected chi connectivity index (χ4v) is 1.29. The first-order valence-corrected chi connectivity index (χ1v) is 4.90. The molecule has 3 heteroatoms. The summed E-state index contributed by atoms with van der Waals surface area (Å²) in [6, 6.07) is 7.16. The maximum absolute atomic E-state index is 11.1. The van der Waals surface area contributed by atoms with Crippen LogP contribution in [-0.4, -0.2) is 25.6 Å². The zero-order valence-electron chi connectivity index (χ0n) is 9.32. The molecule has 1 rings (SSSR count). The number of ether oxygens (including phenoxy) is 2. The third-order valence-corrected chi connectivity index (χ3v) is 1.98. The zero-order valence-corrected chi connectivity index (χ0v) is 9.32. The number of hydrogen-bond acceptors (Lipinski definition) is 3. The molecular weight excluding hydrogens is 192 g/mol. The van der Waals surface area contributed by atoms with E-state index in [2.05, 4.69) is 0 Å². The molecule has 0 saturated heterocycles. The van der Waals surface area contributed by atoms with E-state index in [9.17, 15) is 4.79 Å². The summed E-state index contributed by atoms with van der Waals surface area (Å²) in [4.78, 5) is 11.1. The molecule has 0 bridgehead atoms. The SMILES string of the molecule is COCC(C)Oc1cccc(C(C)=O)c1. The van der Waals surface area contributed by atoms with Crippen LogP contribution in [0.3, 0.4) is 0 Å². The van der Waals surface area contributed by atoms with E-state index >= 15 is 0 Å². The van der Waals surface area contributed by atoms with Crippen LogP contribution in [0.2, 0.25) is 0 Å². The van der Waals surface area contributed by atoms with Gasteiger partial charge in [-0.3, -0.25) is 4.79 Å². The molecule has 82 valence electrons. The first kappa shape index (κ1) is 11.7. The minimum absolute atomic E-state index is 0.0165. The van der Waals surface area contributed by atoms with E-state index in [1.54, 1.807) is 19.2 Å². The lowest BCUT2D eigenvalue weighted by molar-refractivity contribution is 0.0917. The lowest BCUT2D eigenvalue weighted by atomic mass is 10.1. The average Bonchev–Trinajstić information content (AvgIpc) is 2.18. The van der Waals surface area contributed by atoms with Gasteiger partial charge >= 0.3 is 0 Å². The lowest BCUT2D eigenvalue weighted by Gasteiger charge is -2.13. The van der Waals surface area contributed by atoms with Crippen molar-refractivity contribution in [2.24, 2.45) is 0 Å². The van der Waals surface area contributed by atoms with Crippen LogP contribution in [-0.2, 0) is 4.74 Å². The standard InChI is InChI=1S/C12H16O3/c1-9(8-14-3)15-12-6-4-5-11(7-12)10(2)13/h4-7,9H,8H2,1-3H3. The van der Waals surface area contributed by atoms with Crippen molar-refractivity contribution in [1.82, 2.24) is 0 Å². The fourth-order valence-electron chi connectivity index (χ4n) is 1.29. The number of hydrogen-bond donors (Lipinski definition) is 0. The van der Waals surface area contributed by atoms with E-state index in [1.807, 2.05) is 19.1 Å². The van der Waals surface area contributed by atoms with E-state index in [4.69, 9.17) is 9.47 Å². The summed E-state index contributed by atoms with van der Waals surface area (Å²) in [5.41, 5.74) is 0.664. The third kappa shape index (κ3) is 3.72. The Balaban J connectivity index is 2.69.